The number of nitro groups is 1. The molecule has 1 aromatic heterocycles. The Morgan fingerprint density at radius 2 is 1.92 bits per heavy atom. The zero-order valence-electron chi connectivity index (χ0n) is 12.6. The maximum absolute atomic E-state index is 11.9. The Labute approximate surface area is 138 Å². The van der Waals surface area contributed by atoms with Crippen LogP contribution in [-0.4, -0.2) is 16.5 Å². The van der Waals surface area contributed by atoms with E-state index >= 15 is 0 Å². The summed E-state index contributed by atoms with van der Waals surface area (Å²) in [5, 5.41) is 14.5. The van der Waals surface area contributed by atoms with Crippen LogP contribution in [0.5, 0.6) is 5.75 Å². The number of nitrogens with zero attached hydrogens (tertiary/aromatic N) is 1. The first-order valence-electron chi connectivity index (χ1n) is 7.31. The van der Waals surface area contributed by atoms with Crippen LogP contribution in [-0.2, 0) is 11.0 Å². The smallest absolute Gasteiger partial charge is 0.361 e. The molecule has 0 bridgehead atoms. The first-order chi connectivity index (χ1) is 11.6. The quantitative estimate of drug-likeness (QED) is 0.384. The minimum atomic E-state index is -2.09. The van der Waals surface area contributed by atoms with E-state index in [-0.39, 0.29) is 5.69 Å². The number of hydrogen-bond donors (Lipinski definition) is 2. The molecule has 0 amide bonds. The maximum atomic E-state index is 11.9. The topological polar surface area (TPSA) is 97.3 Å². The van der Waals surface area contributed by atoms with Crippen molar-refractivity contribution in [3.63, 3.8) is 0 Å². The molecule has 0 fully saturated rings. The molecule has 1 atom stereocenters. The maximum Gasteiger partial charge on any atom is 0.663 e. The molecule has 1 unspecified atom stereocenters. The van der Waals surface area contributed by atoms with Crippen LogP contribution >= 0.6 is 8.18 Å². The third kappa shape index (κ3) is 3.76. The second-order valence-corrected chi connectivity index (χ2v) is 6.13. The van der Waals surface area contributed by atoms with Crippen LogP contribution in [0, 0.1) is 10.1 Å². The average Bonchev–Trinajstić information content (AvgIpc) is 2.99. The van der Waals surface area contributed by atoms with Gasteiger partial charge in [-0.05, 0) is 30.2 Å². The molecule has 3 rings (SSSR count). The van der Waals surface area contributed by atoms with Crippen molar-refractivity contribution < 1.29 is 14.0 Å². The van der Waals surface area contributed by atoms with Crippen molar-refractivity contribution in [1.82, 2.24) is 10.1 Å². The molecule has 2 aromatic carbocycles. The number of aromatic nitrogens is 1. The molecule has 8 heteroatoms. The largest absolute Gasteiger partial charge is 0.663 e. The molecule has 0 saturated carbocycles. The van der Waals surface area contributed by atoms with Crippen LogP contribution in [0.2, 0.25) is 0 Å². The molecule has 0 aliphatic rings. The van der Waals surface area contributed by atoms with Crippen LogP contribution < -0.4 is 9.61 Å². The first kappa shape index (κ1) is 16.1. The van der Waals surface area contributed by atoms with E-state index in [1.807, 2.05) is 30.5 Å². The van der Waals surface area contributed by atoms with Crippen LogP contribution in [0.15, 0.2) is 54.7 Å². The van der Waals surface area contributed by atoms with Crippen molar-refractivity contribution in [2.75, 3.05) is 6.54 Å². The highest BCUT2D eigenvalue weighted by molar-refractivity contribution is 7.37. The highest BCUT2D eigenvalue weighted by Crippen LogP contribution is 2.25. The number of aromatic amines is 1. The van der Waals surface area contributed by atoms with Crippen LogP contribution in [0.25, 0.3) is 10.9 Å². The standard InChI is InChI=1S/C16H15N3O4P/c20-19(21)13-5-7-14(8-6-13)23-24(22)18-10-9-12-11-17-16-4-2-1-3-15(12)16/h1-8,11,17H,9-10H2,(H,18,22)/q+1. The molecular weight excluding hydrogens is 329 g/mol. The SMILES string of the molecule is O=[N+]([O-])c1ccc(O[P+](=O)NCCc2c[nH]c3ccccc23)cc1. The number of non-ortho nitro benzene ring substituents is 1. The molecule has 0 saturated heterocycles. The molecule has 0 radical (unpaired) electrons. The van der Waals surface area contributed by atoms with Gasteiger partial charge in [-0.25, -0.2) is 4.52 Å². The monoisotopic (exact) mass is 344 g/mol. The van der Waals surface area contributed by atoms with Crippen LogP contribution in [0.3, 0.4) is 0 Å². The molecule has 3 aromatic rings. The molecular formula is C16H15N3O4P+. The number of fused-ring (bicyclic) bond motifs is 1. The third-order valence-electron chi connectivity index (χ3n) is 3.55. The second kappa shape index (κ2) is 7.21. The summed E-state index contributed by atoms with van der Waals surface area (Å²) in [6, 6.07) is 13.5. The lowest BCUT2D eigenvalue weighted by Gasteiger charge is -1.97. The Hall–Kier alpha value is -2.76. The molecule has 0 aliphatic heterocycles. The van der Waals surface area contributed by atoms with E-state index in [9.17, 15) is 14.7 Å². The third-order valence-corrected chi connectivity index (χ3v) is 4.40. The van der Waals surface area contributed by atoms with E-state index in [1.165, 1.54) is 24.3 Å². The fourth-order valence-corrected chi connectivity index (χ4v) is 3.05. The minimum Gasteiger partial charge on any atom is -0.361 e. The van der Waals surface area contributed by atoms with E-state index < -0.39 is 13.1 Å². The molecule has 24 heavy (non-hydrogen) atoms. The van der Waals surface area contributed by atoms with E-state index in [1.54, 1.807) is 0 Å². The lowest BCUT2D eigenvalue weighted by molar-refractivity contribution is -0.384. The molecule has 122 valence electrons. The van der Waals surface area contributed by atoms with Gasteiger partial charge in [0.1, 0.15) is 0 Å². The van der Waals surface area contributed by atoms with Crippen molar-refractivity contribution in [2.24, 2.45) is 0 Å². The Bertz CT molecular complexity index is 876. The molecule has 0 aliphatic carbocycles. The Balaban J connectivity index is 1.51. The number of rotatable bonds is 7. The van der Waals surface area contributed by atoms with Crippen LogP contribution in [0.1, 0.15) is 5.56 Å². The lowest BCUT2D eigenvalue weighted by Crippen LogP contribution is -2.10. The predicted octanol–water partition coefficient (Wildman–Crippen LogP) is 3.94. The van der Waals surface area contributed by atoms with E-state index in [0.717, 1.165) is 16.5 Å². The molecule has 0 spiro atoms. The van der Waals surface area contributed by atoms with Gasteiger partial charge >= 0.3 is 8.18 Å². The van der Waals surface area contributed by atoms with Crippen molar-refractivity contribution >= 4 is 24.8 Å². The zero-order valence-corrected chi connectivity index (χ0v) is 13.5. The van der Waals surface area contributed by atoms with Crippen molar-refractivity contribution in [1.29, 1.82) is 0 Å². The minimum absolute atomic E-state index is 0.0372. The predicted molar refractivity (Wildman–Crippen MR) is 91.3 cm³/mol. The number of nitrogens with one attached hydrogen (secondary N) is 2. The lowest BCUT2D eigenvalue weighted by atomic mass is 10.1. The van der Waals surface area contributed by atoms with Gasteiger partial charge in [0, 0.05) is 40.3 Å². The number of hydrogen-bond acceptors (Lipinski definition) is 4. The number of benzene rings is 2. The molecule has 1 heterocycles. The summed E-state index contributed by atoms with van der Waals surface area (Å²) < 4.78 is 17.1. The van der Waals surface area contributed by atoms with Gasteiger partial charge in [-0.2, -0.15) is 0 Å². The first-order valence-corrected chi connectivity index (χ1v) is 8.49. The highest BCUT2D eigenvalue weighted by atomic mass is 31.1. The summed E-state index contributed by atoms with van der Waals surface area (Å²) in [5.41, 5.74) is 2.17. The van der Waals surface area contributed by atoms with E-state index in [4.69, 9.17) is 4.52 Å². The Morgan fingerprint density at radius 3 is 2.67 bits per heavy atom. The summed E-state index contributed by atoms with van der Waals surface area (Å²) in [5.74, 6) is 0.321. The van der Waals surface area contributed by atoms with Gasteiger partial charge in [0.25, 0.3) is 5.69 Å². The van der Waals surface area contributed by atoms with Gasteiger partial charge in [-0.3, -0.25) is 10.1 Å². The summed E-state index contributed by atoms with van der Waals surface area (Å²) >= 11 is 0. The zero-order chi connectivity index (χ0) is 16.9. The highest BCUT2D eigenvalue weighted by Gasteiger charge is 2.19. The fraction of sp³-hybridized carbons (Fsp3) is 0.125. The van der Waals surface area contributed by atoms with Gasteiger partial charge in [-0.15, -0.1) is 0 Å². The van der Waals surface area contributed by atoms with Gasteiger partial charge in [0.2, 0.25) is 0 Å². The Morgan fingerprint density at radius 1 is 1.17 bits per heavy atom. The summed E-state index contributed by atoms with van der Waals surface area (Å²) in [4.78, 5) is 13.3. The second-order valence-electron chi connectivity index (χ2n) is 5.12. The number of para-hydroxylation sites is 1. The normalized spacial score (nSPS) is 11.4. The van der Waals surface area contributed by atoms with E-state index in [0.29, 0.717) is 18.7 Å². The van der Waals surface area contributed by atoms with Gasteiger partial charge < -0.3 is 4.98 Å². The number of H-pyrrole nitrogens is 1. The van der Waals surface area contributed by atoms with Gasteiger partial charge in [0.15, 0.2) is 5.75 Å². The summed E-state index contributed by atoms with van der Waals surface area (Å²) in [7, 11) is -2.09. The van der Waals surface area contributed by atoms with E-state index in [2.05, 4.69) is 10.1 Å². The average molecular weight is 344 g/mol. The van der Waals surface area contributed by atoms with Crippen molar-refractivity contribution in [2.45, 2.75) is 6.42 Å². The molecule has 7 nitrogen and oxygen atoms in total. The summed E-state index contributed by atoms with van der Waals surface area (Å²) in [6.45, 7) is 0.490. The van der Waals surface area contributed by atoms with Crippen molar-refractivity contribution in [3.8, 4) is 5.75 Å². The van der Waals surface area contributed by atoms with Gasteiger partial charge in [0.05, 0.1) is 4.92 Å². The summed E-state index contributed by atoms with van der Waals surface area (Å²) in [6.07, 6.45) is 2.64. The van der Waals surface area contributed by atoms with Crippen molar-refractivity contribution in [3.05, 3.63) is 70.4 Å². The fourth-order valence-electron chi connectivity index (χ4n) is 2.38. The Kier molecular flexibility index (Phi) is 4.84. The van der Waals surface area contributed by atoms with Crippen LogP contribution in [0.4, 0.5) is 5.69 Å². The molecule has 2 N–H and O–H groups in total. The van der Waals surface area contributed by atoms with Gasteiger partial charge in [-0.1, -0.05) is 23.3 Å². The number of nitro benzene ring substituents is 1.